The van der Waals surface area contributed by atoms with Crippen LogP contribution in [0.1, 0.15) is 18.1 Å². The first-order valence-electron chi connectivity index (χ1n) is 6.67. The van der Waals surface area contributed by atoms with Gasteiger partial charge in [0, 0.05) is 23.3 Å². The topological polar surface area (TPSA) is 61.8 Å². The van der Waals surface area contributed by atoms with Gasteiger partial charge in [-0.25, -0.2) is 0 Å². The molecule has 0 spiro atoms. The van der Waals surface area contributed by atoms with Crippen LogP contribution in [-0.4, -0.2) is 18.1 Å². The quantitative estimate of drug-likeness (QED) is 0.391. The lowest BCUT2D eigenvalue weighted by Gasteiger charge is -2.22. The van der Waals surface area contributed by atoms with Crippen LogP contribution in [0.3, 0.4) is 0 Å². The summed E-state index contributed by atoms with van der Waals surface area (Å²) in [5.74, 6) is 0.0320. The molecule has 2 aromatic rings. The number of halogens is 1. The molecule has 0 heterocycles. The fourth-order valence-corrected chi connectivity index (χ4v) is 2.33. The van der Waals surface area contributed by atoms with Crippen molar-refractivity contribution in [3.8, 4) is 0 Å². The Balaban J connectivity index is 2.44. The summed E-state index contributed by atoms with van der Waals surface area (Å²) in [5, 5.41) is 12.5. The Morgan fingerprint density at radius 3 is 2.48 bits per heavy atom. The predicted octanol–water partition coefficient (Wildman–Crippen LogP) is 3.76. The number of oxime groups is 1. The van der Waals surface area contributed by atoms with Gasteiger partial charge in [-0.15, -0.1) is 0 Å². The summed E-state index contributed by atoms with van der Waals surface area (Å²) in [7, 11) is 1.93. The van der Waals surface area contributed by atoms with E-state index in [1.54, 1.807) is 12.1 Å². The molecule has 0 aromatic heterocycles. The third kappa shape index (κ3) is 3.28. The predicted molar refractivity (Wildman–Crippen MR) is 87.8 cm³/mol. The van der Waals surface area contributed by atoms with Crippen LogP contribution >= 0.6 is 11.6 Å². The van der Waals surface area contributed by atoms with Crippen molar-refractivity contribution in [3.05, 3.63) is 58.6 Å². The van der Waals surface area contributed by atoms with Gasteiger partial charge in [0.05, 0.1) is 5.69 Å². The molecule has 21 heavy (non-hydrogen) atoms. The van der Waals surface area contributed by atoms with E-state index in [1.807, 2.05) is 30.1 Å². The van der Waals surface area contributed by atoms with Crippen LogP contribution in [0.15, 0.2) is 47.6 Å². The van der Waals surface area contributed by atoms with Crippen molar-refractivity contribution < 1.29 is 5.21 Å². The van der Waals surface area contributed by atoms with Crippen molar-refractivity contribution in [3.63, 3.8) is 0 Å². The summed E-state index contributed by atoms with van der Waals surface area (Å²) < 4.78 is 0. The van der Waals surface area contributed by atoms with Crippen molar-refractivity contribution in [2.24, 2.45) is 10.9 Å². The molecule has 110 valence electrons. The first-order valence-corrected chi connectivity index (χ1v) is 7.04. The van der Waals surface area contributed by atoms with E-state index in [9.17, 15) is 0 Å². The van der Waals surface area contributed by atoms with E-state index < -0.39 is 0 Å². The Bertz CT molecular complexity index is 653. The summed E-state index contributed by atoms with van der Waals surface area (Å²) in [6.07, 6.45) is 1.00. The molecule has 0 aliphatic heterocycles. The van der Waals surface area contributed by atoms with E-state index in [0.717, 1.165) is 17.8 Å². The first-order chi connectivity index (χ1) is 10.1. The number of amidine groups is 1. The van der Waals surface area contributed by atoms with E-state index in [0.29, 0.717) is 10.6 Å². The Labute approximate surface area is 129 Å². The van der Waals surface area contributed by atoms with Crippen LogP contribution in [0, 0.1) is 0 Å². The number of hydrogen-bond donors (Lipinski definition) is 2. The second kappa shape index (κ2) is 6.50. The normalized spacial score (nSPS) is 11.5. The monoisotopic (exact) mass is 303 g/mol. The summed E-state index contributed by atoms with van der Waals surface area (Å²) in [6.45, 7) is 2.12. The molecule has 0 bridgehead atoms. The van der Waals surface area contributed by atoms with Crippen molar-refractivity contribution in [2.75, 3.05) is 11.9 Å². The molecule has 0 atom stereocenters. The second-order valence-corrected chi connectivity index (χ2v) is 5.16. The van der Waals surface area contributed by atoms with Crippen LogP contribution in [0.4, 0.5) is 11.4 Å². The van der Waals surface area contributed by atoms with Crippen LogP contribution in [0.25, 0.3) is 0 Å². The molecule has 2 aromatic carbocycles. The van der Waals surface area contributed by atoms with Gasteiger partial charge in [0.1, 0.15) is 0 Å². The summed E-state index contributed by atoms with van der Waals surface area (Å²) in [4.78, 5) is 1.98. The highest BCUT2D eigenvalue weighted by atomic mass is 35.5. The third-order valence-corrected chi connectivity index (χ3v) is 3.67. The van der Waals surface area contributed by atoms with Crippen molar-refractivity contribution in [1.29, 1.82) is 0 Å². The maximum absolute atomic E-state index is 8.93. The van der Waals surface area contributed by atoms with E-state index >= 15 is 0 Å². The zero-order chi connectivity index (χ0) is 15.4. The van der Waals surface area contributed by atoms with Crippen LogP contribution in [0.2, 0.25) is 5.02 Å². The molecule has 0 unspecified atom stereocenters. The molecular formula is C16H18ClN3O. The van der Waals surface area contributed by atoms with Crippen LogP contribution in [0.5, 0.6) is 0 Å². The lowest BCUT2D eigenvalue weighted by Crippen LogP contribution is -2.19. The summed E-state index contributed by atoms with van der Waals surface area (Å²) in [6, 6.07) is 13.6. The molecule has 0 aliphatic rings. The smallest absolute Gasteiger partial charge is 0.172 e. The maximum Gasteiger partial charge on any atom is 0.172 e. The van der Waals surface area contributed by atoms with Gasteiger partial charge in [0.15, 0.2) is 5.84 Å². The molecule has 2 rings (SSSR count). The second-order valence-electron chi connectivity index (χ2n) is 4.73. The fourth-order valence-electron chi connectivity index (χ4n) is 2.15. The SMILES string of the molecule is CCc1ccc(N(C)c2ccc(Cl)cc2C(N)=NO)cc1. The van der Waals surface area contributed by atoms with Crippen molar-refractivity contribution >= 4 is 28.8 Å². The molecule has 0 aliphatic carbocycles. The molecule has 0 saturated carbocycles. The zero-order valence-electron chi connectivity index (χ0n) is 12.0. The third-order valence-electron chi connectivity index (χ3n) is 3.44. The van der Waals surface area contributed by atoms with Gasteiger partial charge in [-0.3, -0.25) is 0 Å². The lowest BCUT2D eigenvalue weighted by atomic mass is 10.1. The highest BCUT2D eigenvalue weighted by molar-refractivity contribution is 6.31. The minimum absolute atomic E-state index is 0.0320. The molecule has 3 N–H and O–H groups in total. The van der Waals surface area contributed by atoms with Crippen LogP contribution in [-0.2, 0) is 6.42 Å². The number of benzene rings is 2. The zero-order valence-corrected chi connectivity index (χ0v) is 12.8. The van der Waals surface area contributed by atoms with Gasteiger partial charge in [-0.1, -0.05) is 35.8 Å². The number of nitrogens with two attached hydrogens (primary N) is 1. The molecule has 0 amide bonds. The van der Waals surface area contributed by atoms with Gasteiger partial charge in [0.25, 0.3) is 0 Å². The van der Waals surface area contributed by atoms with Crippen molar-refractivity contribution in [1.82, 2.24) is 0 Å². The highest BCUT2D eigenvalue weighted by Gasteiger charge is 2.13. The number of anilines is 2. The molecular weight excluding hydrogens is 286 g/mol. The highest BCUT2D eigenvalue weighted by Crippen LogP contribution is 2.29. The van der Waals surface area contributed by atoms with Gasteiger partial charge in [0.2, 0.25) is 0 Å². The average Bonchev–Trinajstić information content (AvgIpc) is 2.53. The fraction of sp³-hybridized carbons (Fsp3) is 0.188. The Morgan fingerprint density at radius 2 is 1.90 bits per heavy atom. The Morgan fingerprint density at radius 1 is 1.24 bits per heavy atom. The average molecular weight is 304 g/mol. The Hall–Kier alpha value is -2.20. The van der Waals surface area contributed by atoms with E-state index in [-0.39, 0.29) is 5.84 Å². The maximum atomic E-state index is 8.93. The Kier molecular flexibility index (Phi) is 4.70. The van der Waals surface area contributed by atoms with Crippen molar-refractivity contribution in [2.45, 2.75) is 13.3 Å². The first kappa shape index (κ1) is 15.2. The van der Waals surface area contributed by atoms with Gasteiger partial charge in [-0.2, -0.15) is 0 Å². The van der Waals surface area contributed by atoms with E-state index in [4.69, 9.17) is 22.5 Å². The van der Waals surface area contributed by atoms with Crippen LogP contribution < -0.4 is 10.6 Å². The van der Waals surface area contributed by atoms with E-state index in [1.165, 1.54) is 5.56 Å². The molecule has 0 saturated heterocycles. The van der Waals surface area contributed by atoms with Gasteiger partial charge >= 0.3 is 0 Å². The minimum Gasteiger partial charge on any atom is -0.409 e. The number of aryl methyl sites for hydroxylation is 1. The molecule has 5 heteroatoms. The van der Waals surface area contributed by atoms with Gasteiger partial charge < -0.3 is 15.8 Å². The number of rotatable bonds is 4. The molecule has 0 fully saturated rings. The number of hydrogen-bond acceptors (Lipinski definition) is 3. The molecule has 4 nitrogen and oxygen atoms in total. The number of nitrogens with zero attached hydrogens (tertiary/aromatic N) is 2. The minimum atomic E-state index is 0.0320. The largest absolute Gasteiger partial charge is 0.409 e. The molecule has 0 radical (unpaired) electrons. The standard InChI is InChI=1S/C16H18ClN3O/c1-3-11-4-7-13(8-5-11)20(2)15-9-6-12(17)10-14(15)16(18)19-21/h4-10,21H,3H2,1-2H3,(H2,18,19). The summed E-state index contributed by atoms with van der Waals surface area (Å²) >= 11 is 6.00. The van der Waals surface area contributed by atoms with Gasteiger partial charge in [-0.05, 0) is 42.3 Å². The lowest BCUT2D eigenvalue weighted by molar-refractivity contribution is 0.318. The summed E-state index contributed by atoms with van der Waals surface area (Å²) in [5.41, 5.74) is 9.44. The van der Waals surface area contributed by atoms with E-state index in [2.05, 4.69) is 24.2 Å².